The smallest absolute Gasteiger partial charge is 0.254 e. The van der Waals surface area contributed by atoms with Crippen molar-refractivity contribution in [3.63, 3.8) is 0 Å². The lowest BCUT2D eigenvalue weighted by Gasteiger charge is -2.11. The van der Waals surface area contributed by atoms with Crippen LogP contribution >= 0.6 is 15.9 Å². The van der Waals surface area contributed by atoms with Crippen molar-refractivity contribution >= 4 is 39.1 Å². The average molecular weight is 424 g/mol. The van der Waals surface area contributed by atoms with E-state index in [0.29, 0.717) is 11.4 Å². The number of hydrogen-bond donors (Lipinski definition) is 1. The highest BCUT2D eigenvalue weighted by molar-refractivity contribution is 9.10. The molecule has 1 heterocycles. The van der Waals surface area contributed by atoms with Crippen LogP contribution in [-0.2, 0) is 4.79 Å². The fourth-order valence-electron chi connectivity index (χ4n) is 2.38. The fraction of sp³-hybridized carbons (Fsp3) is 0.118. The van der Waals surface area contributed by atoms with E-state index in [1.54, 1.807) is 24.3 Å². The Kier molecular flexibility index (Phi) is 4.99. The van der Waals surface area contributed by atoms with E-state index in [-0.39, 0.29) is 24.7 Å². The summed E-state index contributed by atoms with van der Waals surface area (Å²) in [6.07, 6.45) is 0.00154. The molecule has 0 fully saturated rings. The van der Waals surface area contributed by atoms with Crippen LogP contribution in [0, 0.1) is 11.6 Å². The molecule has 1 aliphatic heterocycles. The number of rotatable bonds is 5. The quantitative estimate of drug-likeness (QED) is 0.801. The van der Waals surface area contributed by atoms with Crippen molar-refractivity contribution in [1.82, 2.24) is 0 Å². The van der Waals surface area contributed by atoms with E-state index in [0.717, 1.165) is 16.6 Å². The Hall–Kier alpha value is -2.81. The zero-order chi connectivity index (χ0) is 18.8. The van der Waals surface area contributed by atoms with Gasteiger partial charge in [-0.3, -0.25) is 9.59 Å². The van der Waals surface area contributed by atoms with Crippen molar-refractivity contribution < 1.29 is 23.1 Å². The number of nitrogens with zero attached hydrogens (tertiary/aromatic N) is 2. The van der Waals surface area contributed by atoms with Gasteiger partial charge in [-0.05, 0) is 36.4 Å². The van der Waals surface area contributed by atoms with E-state index in [9.17, 15) is 18.4 Å². The summed E-state index contributed by atoms with van der Waals surface area (Å²) >= 11 is 3.31. The van der Waals surface area contributed by atoms with Crippen LogP contribution in [0.15, 0.2) is 46.0 Å². The van der Waals surface area contributed by atoms with Gasteiger partial charge in [0.25, 0.3) is 11.8 Å². The maximum absolute atomic E-state index is 14.1. The molecule has 2 aromatic carbocycles. The van der Waals surface area contributed by atoms with Crippen molar-refractivity contribution in [2.24, 2.45) is 10.8 Å². The zero-order valence-corrected chi connectivity index (χ0v) is 14.8. The lowest BCUT2D eigenvalue weighted by molar-refractivity contribution is -0.116. The molecule has 6 nitrogen and oxygen atoms in total. The van der Waals surface area contributed by atoms with Gasteiger partial charge in [0.05, 0.1) is 17.8 Å². The van der Waals surface area contributed by atoms with Gasteiger partial charge in [-0.15, -0.1) is 0 Å². The summed E-state index contributed by atoms with van der Waals surface area (Å²) < 4.78 is 33.7. The number of carbonyl (C=O) groups is 2. The van der Waals surface area contributed by atoms with Gasteiger partial charge in [0.15, 0.2) is 11.6 Å². The van der Waals surface area contributed by atoms with Crippen LogP contribution in [0.1, 0.15) is 16.8 Å². The first-order chi connectivity index (χ1) is 12.4. The molecular weight excluding hydrogens is 412 g/mol. The molecule has 0 radical (unpaired) electrons. The Bertz CT molecular complexity index is 916. The van der Waals surface area contributed by atoms with Crippen LogP contribution < -0.4 is 15.5 Å². The molecule has 1 aliphatic rings. The number of anilines is 1. The second kappa shape index (κ2) is 7.20. The summed E-state index contributed by atoms with van der Waals surface area (Å²) in [5, 5.41) is 5.38. The van der Waals surface area contributed by atoms with Gasteiger partial charge in [-0.2, -0.15) is 5.10 Å². The summed E-state index contributed by atoms with van der Waals surface area (Å²) in [6.45, 7) is -0.195. The molecule has 26 heavy (non-hydrogen) atoms. The lowest BCUT2D eigenvalue weighted by Crippen LogP contribution is -2.19. The minimum atomic E-state index is -1.24. The molecule has 0 bridgehead atoms. The van der Waals surface area contributed by atoms with Crippen LogP contribution in [0.25, 0.3) is 0 Å². The van der Waals surface area contributed by atoms with E-state index in [2.05, 4.69) is 21.0 Å². The molecule has 0 unspecified atom stereocenters. The molecule has 0 saturated carbocycles. The third-order valence-corrected chi connectivity index (χ3v) is 4.13. The fourth-order valence-corrected chi connectivity index (χ4v) is 2.64. The first kappa shape index (κ1) is 18.0. The third kappa shape index (κ3) is 3.57. The Morgan fingerprint density at radius 3 is 2.58 bits per heavy atom. The first-order valence-electron chi connectivity index (χ1n) is 7.42. The molecular formula is C17H12BrF2N3O3. The summed E-state index contributed by atoms with van der Waals surface area (Å²) in [5.41, 5.74) is 5.03. The standard InChI is InChI=1S/C17H12BrF2N3O3/c18-9-1-3-11(4-2-9)23-14(24)7-10(22-23)8-26-13-6-5-12(19)15(16(13)20)17(21)25/h1-6H,7-8H2,(H2,21,25). The lowest BCUT2D eigenvalue weighted by atomic mass is 10.1. The van der Waals surface area contributed by atoms with Crippen molar-refractivity contribution in [1.29, 1.82) is 0 Å². The second-order valence-corrected chi connectivity index (χ2v) is 6.33. The number of hydrazone groups is 1. The average Bonchev–Trinajstić information content (AvgIpc) is 2.95. The Morgan fingerprint density at radius 2 is 1.92 bits per heavy atom. The third-order valence-electron chi connectivity index (χ3n) is 3.60. The summed E-state index contributed by atoms with van der Waals surface area (Å²) in [7, 11) is 0. The normalized spacial score (nSPS) is 13.7. The number of carbonyl (C=O) groups excluding carboxylic acids is 2. The summed E-state index contributed by atoms with van der Waals surface area (Å²) in [4.78, 5) is 23.2. The minimum Gasteiger partial charge on any atom is -0.484 e. The number of ether oxygens (including phenoxy) is 1. The number of nitrogens with two attached hydrogens (primary N) is 1. The highest BCUT2D eigenvalue weighted by Gasteiger charge is 2.26. The van der Waals surface area contributed by atoms with Crippen LogP contribution in [0.5, 0.6) is 5.75 Å². The van der Waals surface area contributed by atoms with Gasteiger partial charge >= 0.3 is 0 Å². The molecule has 0 aromatic heterocycles. The van der Waals surface area contributed by atoms with E-state index in [1.807, 2.05) is 0 Å². The largest absolute Gasteiger partial charge is 0.484 e. The number of amides is 2. The highest BCUT2D eigenvalue weighted by Crippen LogP contribution is 2.25. The predicted molar refractivity (Wildman–Crippen MR) is 94.1 cm³/mol. The SMILES string of the molecule is NC(=O)c1c(F)ccc(OCC2=NN(c3ccc(Br)cc3)C(=O)C2)c1F. The summed E-state index contributed by atoms with van der Waals surface area (Å²) in [6, 6.07) is 8.90. The maximum Gasteiger partial charge on any atom is 0.254 e. The molecule has 0 saturated heterocycles. The highest BCUT2D eigenvalue weighted by atomic mass is 79.9. The zero-order valence-electron chi connectivity index (χ0n) is 13.2. The van der Waals surface area contributed by atoms with Crippen molar-refractivity contribution in [3.8, 4) is 5.75 Å². The first-order valence-corrected chi connectivity index (χ1v) is 8.21. The topological polar surface area (TPSA) is 85.0 Å². The van der Waals surface area contributed by atoms with Crippen LogP contribution in [-0.4, -0.2) is 24.1 Å². The minimum absolute atomic E-state index is 0.00154. The van der Waals surface area contributed by atoms with Gasteiger partial charge in [0.1, 0.15) is 18.0 Å². The number of benzene rings is 2. The van der Waals surface area contributed by atoms with Gasteiger partial charge in [-0.1, -0.05) is 15.9 Å². The molecule has 0 atom stereocenters. The van der Waals surface area contributed by atoms with Crippen LogP contribution in [0.2, 0.25) is 0 Å². The van der Waals surface area contributed by atoms with Crippen LogP contribution in [0.3, 0.4) is 0 Å². The Balaban J connectivity index is 1.75. The molecule has 9 heteroatoms. The van der Waals surface area contributed by atoms with E-state index >= 15 is 0 Å². The Labute approximate surface area is 155 Å². The van der Waals surface area contributed by atoms with Crippen molar-refractivity contribution in [2.45, 2.75) is 6.42 Å². The van der Waals surface area contributed by atoms with Gasteiger partial charge in [0, 0.05) is 4.47 Å². The molecule has 2 N–H and O–H groups in total. The molecule has 3 rings (SSSR count). The molecule has 2 amide bonds. The predicted octanol–water partition coefficient (Wildman–Crippen LogP) is 3.00. The second-order valence-electron chi connectivity index (χ2n) is 5.41. The molecule has 2 aromatic rings. The van der Waals surface area contributed by atoms with Gasteiger partial charge < -0.3 is 10.5 Å². The molecule has 0 spiro atoms. The van der Waals surface area contributed by atoms with E-state index < -0.39 is 23.1 Å². The van der Waals surface area contributed by atoms with Crippen molar-refractivity contribution in [3.05, 3.63) is 58.1 Å². The molecule has 0 aliphatic carbocycles. The monoisotopic (exact) mass is 423 g/mol. The maximum atomic E-state index is 14.1. The van der Waals surface area contributed by atoms with E-state index in [4.69, 9.17) is 10.5 Å². The van der Waals surface area contributed by atoms with Crippen molar-refractivity contribution in [2.75, 3.05) is 11.6 Å². The Morgan fingerprint density at radius 1 is 1.23 bits per heavy atom. The summed E-state index contributed by atoms with van der Waals surface area (Å²) in [5.74, 6) is -4.11. The van der Waals surface area contributed by atoms with Gasteiger partial charge in [-0.25, -0.2) is 13.8 Å². The van der Waals surface area contributed by atoms with E-state index in [1.165, 1.54) is 5.01 Å². The number of halogens is 3. The molecule has 134 valence electrons. The van der Waals surface area contributed by atoms with Gasteiger partial charge in [0.2, 0.25) is 0 Å². The number of hydrogen-bond acceptors (Lipinski definition) is 4. The van der Waals surface area contributed by atoms with Crippen LogP contribution in [0.4, 0.5) is 14.5 Å². The number of primary amides is 1.